The number of rotatable bonds is 5. The molecular weight excluding hydrogens is 292 g/mol. The SMILES string of the molecule is Cc1ccccc1C(O)CNC(=O)C1CCCN1C(=O)C(C)C. The molecular formula is C18H26N2O3. The third kappa shape index (κ3) is 4.10. The van der Waals surface area contributed by atoms with Gasteiger partial charge in [0.05, 0.1) is 6.10 Å². The van der Waals surface area contributed by atoms with Gasteiger partial charge in [-0.3, -0.25) is 9.59 Å². The lowest BCUT2D eigenvalue weighted by Crippen LogP contribution is -2.47. The van der Waals surface area contributed by atoms with Crippen LogP contribution in [0.5, 0.6) is 0 Å². The molecule has 0 bridgehead atoms. The first-order valence-electron chi connectivity index (χ1n) is 8.23. The first-order valence-corrected chi connectivity index (χ1v) is 8.23. The van der Waals surface area contributed by atoms with E-state index in [0.29, 0.717) is 13.0 Å². The Balaban J connectivity index is 1.94. The predicted molar refractivity (Wildman–Crippen MR) is 88.7 cm³/mol. The first kappa shape index (κ1) is 17.5. The number of likely N-dealkylation sites (tertiary alicyclic amines) is 1. The van der Waals surface area contributed by atoms with Crippen LogP contribution in [0.3, 0.4) is 0 Å². The smallest absolute Gasteiger partial charge is 0.242 e. The first-order chi connectivity index (χ1) is 10.9. The number of hydrogen-bond acceptors (Lipinski definition) is 3. The molecule has 5 nitrogen and oxygen atoms in total. The molecule has 0 saturated carbocycles. The number of aliphatic hydroxyl groups is 1. The van der Waals surface area contributed by atoms with Crippen molar-refractivity contribution >= 4 is 11.8 Å². The zero-order chi connectivity index (χ0) is 17.0. The van der Waals surface area contributed by atoms with Crippen LogP contribution in [-0.4, -0.2) is 41.0 Å². The second-order valence-corrected chi connectivity index (χ2v) is 6.46. The number of carbonyl (C=O) groups excluding carboxylic acids is 2. The average Bonchev–Trinajstić information content (AvgIpc) is 3.01. The number of amides is 2. The molecule has 5 heteroatoms. The Hall–Kier alpha value is -1.88. The van der Waals surface area contributed by atoms with E-state index in [9.17, 15) is 14.7 Å². The second kappa shape index (κ2) is 7.59. The van der Waals surface area contributed by atoms with Crippen molar-refractivity contribution in [3.05, 3.63) is 35.4 Å². The molecule has 1 aliphatic rings. The van der Waals surface area contributed by atoms with Crippen molar-refractivity contribution in [3.8, 4) is 0 Å². The Labute approximate surface area is 137 Å². The van der Waals surface area contributed by atoms with Crippen molar-refractivity contribution in [1.82, 2.24) is 10.2 Å². The molecule has 1 heterocycles. The highest BCUT2D eigenvalue weighted by Crippen LogP contribution is 2.21. The van der Waals surface area contributed by atoms with Crippen LogP contribution in [0.4, 0.5) is 0 Å². The maximum absolute atomic E-state index is 12.4. The van der Waals surface area contributed by atoms with E-state index in [1.54, 1.807) is 4.90 Å². The summed E-state index contributed by atoms with van der Waals surface area (Å²) in [6.07, 6.45) is 0.789. The Morgan fingerprint density at radius 1 is 1.35 bits per heavy atom. The molecule has 2 unspecified atom stereocenters. The van der Waals surface area contributed by atoms with E-state index in [0.717, 1.165) is 17.5 Å². The maximum Gasteiger partial charge on any atom is 0.242 e. The van der Waals surface area contributed by atoms with Gasteiger partial charge >= 0.3 is 0 Å². The molecule has 0 aromatic heterocycles. The average molecular weight is 318 g/mol. The van der Waals surface area contributed by atoms with Gasteiger partial charge in [-0.05, 0) is 30.9 Å². The molecule has 2 amide bonds. The van der Waals surface area contributed by atoms with Gasteiger partial charge in [0.2, 0.25) is 11.8 Å². The summed E-state index contributed by atoms with van der Waals surface area (Å²) < 4.78 is 0. The fourth-order valence-electron chi connectivity index (χ4n) is 3.02. The van der Waals surface area contributed by atoms with Gasteiger partial charge in [-0.15, -0.1) is 0 Å². The number of hydrogen-bond donors (Lipinski definition) is 2. The van der Waals surface area contributed by atoms with E-state index in [-0.39, 0.29) is 24.3 Å². The predicted octanol–water partition coefficient (Wildman–Crippen LogP) is 1.79. The summed E-state index contributed by atoms with van der Waals surface area (Å²) >= 11 is 0. The van der Waals surface area contributed by atoms with Gasteiger partial charge in [-0.25, -0.2) is 0 Å². The molecule has 1 aromatic rings. The fraction of sp³-hybridized carbons (Fsp3) is 0.556. The second-order valence-electron chi connectivity index (χ2n) is 6.46. The summed E-state index contributed by atoms with van der Waals surface area (Å²) in [7, 11) is 0. The summed E-state index contributed by atoms with van der Waals surface area (Å²) in [6.45, 7) is 6.41. The minimum atomic E-state index is -0.740. The Morgan fingerprint density at radius 3 is 2.70 bits per heavy atom. The lowest BCUT2D eigenvalue weighted by atomic mass is 10.0. The van der Waals surface area contributed by atoms with Gasteiger partial charge < -0.3 is 15.3 Å². The molecule has 0 spiro atoms. The van der Waals surface area contributed by atoms with Gasteiger partial charge in [0, 0.05) is 19.0 Å². The summed E-state index contributed by atoms with van der Waals surface area (Å²) in [5, 5.41) is 13.1. The van der Waals surface area contributed by atoms with Crippen molar-refractivity contribution in [3.63, 3.8) is 0 Å². The fourth-order valence-corrected chi connectivity index (χ4v) is 3.02. The monoisotopic (exact) mass is 318 g/mol. The molecule has 2 atom stereocenters. The van der Waals surface area contributed by atoms with E-state index >= 15 is 0 Å². The molecule has 1 aromatic carbocycles. The quantitative estimate of drug-likeness (QED) is 0.869. The van der Waals surface area contributed by atoms with Crippen molar-refractivity contribution in [2.75, 3.05) is 13.1 Å². The molecule has 0 aliphatic carbocycles. The highest BCUT2D eigenvalue weighted by Gasteiger charge is 2.34. The lowest BCUT2D eigenvalue weighted by Gasteiger charge is -2.26. The maximum atomic E-state index is 12.4. The Kier molecular flexibility index (Phi) is 5.77. The van der Waals surface area contributed by atoms with Crippen LogP contribution < -0.4 is 5.32 Å². The highest BCUT2D eigenvalue weighted by molar-refractivity contribution is 5.88. The molecule has 0 radical (unpaired) electrons. The summed E-state index contributed by atoms with van der Waals surface area (Å²) in [4.78, 5) is 26.2. The summed E-state index contributed by atoms with van der Waals surface area (Å²) in [5.74, 6) is -0.271. The van der Waals surface area contributed by atoms with Crippen LogP contribution in [0.25, 0.3) is 0 Å². The molecule has 1 aliphatic heterocycles. The number of nitrogens with one attached hydrogen (secondary N) is 1. The van der Waals surface area contributed by atoms with Crippen LogP contribution in [0.15, 0.2) is 24.3 Å². The molecule has 2 N–H and O–H groups in total. The van der Waals surface area contributed by atoms with E-state index in [1.807, 2.05) is 45.0 Å². The minimum absolute atomic E-state index is 0.0158. The Bertz CT molecular complexity index is 571. The third-order valence-corrected chi connectivity index (χ3v) is 4.35. The normalized spacial score (nSPS) is 19.0. The number of aliphatic hydroxyl groups excluding tert-OH is 1. The van der Waals surface area contributed by atoms with E-state index in [4.69, 9.17) is 0 Å². The van der Waals surface area contributed by atoms with E-state index in [1.165, 1.54) is 0 Å². The zero-order valence-corrected chi connectivity index (χ0v) is 14.1. The summed E-state index contributed by atoms with van der Waals surface area (Å²) in [5.41, 5.74) is 1.81. The van der Waals surface area contributed by atoms with Crippen molar-refractivity contribution in [2.45, 2.75) is 45.8 Å². The van der Waals surface area contributed by atoms with Crippen molar-refractivity contribution in [1.29, 1.82) is 0 Å². The van der Waals surface area contributed by atoms with Gasteiger partial charge in [-0.2, -0.15) is 0 Å². The topological polar surface area (TPSA) is 69.6 Å². The van der Waals surface area contributed by atoms with E-state index in [2.05, 4.69) is 5.32 Å². The number of benzene rings is 1. The van der Waals surface area contributed by atoms with Gasteiger partial charge in [0.15, 0.2) is 0 Å². The number of nitrogens with zero attached hydrogens (tertiary/aromatic N) is 1. The zero-order valence-electron chi connectivity index (χ0n) is 14.1. The van der Waals surface area contributed by atoms with Crippen LogP contribution >= 0.6 is 0 Å². The van der Waals surface area contributed by atoms with Gasteiger partial charge in [-0.1, -0.05) is 38.1 Å². The van der Waals surface area contributed by atoms with Crippen LogP contribution in [0.1, 0.15) is 43.9 Å². The van der Waals surface area contributed by atoms with Crippen LogP contribution in [-0.2, 0) is 9.59 Å². The van der Waals surface area contributed by atoms with Gasteiger partial charge in [0.1, 0.15) is 6.04 Å². The lowest BCUT2D eigenvalue weighted by molar-refractivity contribution is -0.140. The highest BCUT2D eigenvalue weighted by atomic mass is 16.3. The van der Waals surface area contributed by atoms with Crippen molar-refractivity contribution in [2.24, 2.45) is 5.92 Å². The molecule has 23 heavy (non-hydrogen) atoms. The molecule has 126 valence electrons. The van der Waals surface area contributed by atoms with Gasteiger partial charge in [0.25, 0.3) is 0 Å². The minimum Gasteiger partial charge on any atom is -0.387 e. The van der Waals surface area contributed by atoms with E-state index < -0.39 is 12.1 Å². The number of carbonyl (C=O) groups is 2. The Morgan fingerprint density at radius 2 is 2.04 bits per heavy atom. The van der Waals surface area contributed by atoms with Crippen molar-refractivity contribution < 1.29 is 14.7 Å². The molecule has 1 fully saturated rings. The molecule has 2 rings (SSSR count). The third-order valence-electron chi connectivity index (χ3n) is 4.35. The van der Waals surface area contributed by atoms with Crippen LogP contribution in [0.2, 0.25) is 0 Å². The summed E-state index contributed by atoms with van der Waals surface area (Å²) in [6, 6.07) is 7.16. The standard InChI is InChI=1S/C18H26N2O3/c1-12(2)18(23)20-10-6-9-15(20)17(22)19-11-16(21)14-8-5-4-7-13(14)3/h4-5,7-8,12,15-16,21H,6,9-11H2,1-3H3,(H,19,22). The van der Waals surface area contributed by atoms with Crippen LogP contribution in [0, 0.1) is 12.8 Å². The molecule has 1 saturated heterocycles. The largest absolute Gasteiger partial charge is 0.387 e. The number of aryl methyl sites for hydroxylation is 1.